The topological polar surface area (TPSA) is 60.3 Å². The minimum Gasteiger partial charge on any atom is -0.384 e. The standard InChI is InChI=1S/C19H26N4O2/c1-14-4-5-15(2)17(12-14)19(24)22-9-6-16(7-10-22)23-13-20-21-18(23)8-11-25-3/h4-5,12-13,16H,6-11H2,1-3H3. The molecular formula is C19H26N4O2. The van der Waals surface area contributed by atoms with Crippen LogP contribution in [0.1, 0.15) is 46.2 Å². The third-order valence-electron chi connectivity index (χ3n) is 4.95. The molecule has 0 atom stereocenters. The lowest BCUT2D eigenvalue weighted by Gasteiger charge is -2.33. The van der Waals surface area contributed by atoms with Crippen LogP contribution < -0.4 is 0 Å². The number of likely N-dealkylation sites (tertiary alicyclic amines) is 1. The van der Waals surface area contributed by atoms with Crippen LogP contribution in [0.4, 0.5) is 0 Å². The van der Waals surface area contributed by atoms with Gasteiger partial charge in [-0.1, -0.05) is 17.7 Å². The van der Waals surface area contributed by atoms with Crippen LogP contribution in [0.5, 0.6) is 0 Å². The molecule has 134 valence electrons. The minimum atomic E-state index is 0.142. The number of piperidine rings is 1. The molecule has 0 saturated carbocycles. The number of carbonyl (C=O) groups is 1. The molecule has 1 aliphatic heterocycles. The Morgan fingerprint density at radius 2 is 2.04 bits per heavy atom. The molecule has 1 saturated heterocycles. The van der Waals surface area contributed by atoms with Crippen molar-refractivity contribution in [3.8, 4) is 0 Å². The largest absolute Gasteiger partial charge is 0.384 e. The Hall–Kier alpha value is -2.21. The Balaban J connectivity index is 1.65. The normalized spacial score (nSPS) is 15.6. The van der Waals surface area contributed by atoms with Gasteiger partial charge in [-0.15, -0.1) is 10.2 Å². The Morgan fingerprint density at radius 1 is 1.28 bits per heavy atom. The van der Waals surface area contributed by atoms with Crippen molar-refractivity contribution in [2.24, 2.45) is 0 Å². The number of nitrogens with zero attached hydrogens (tertiary/aromatic N) is 4. The van der Waals surface area contributed by atoms with E-state index in [1.807, 2.05) is 36.9 Å². The first kappa shape index (κ1) is 17.6. The smallest absolute Gasteiger partial charge is 0.254 e. The maximum absolute atomic E-state index is 12.9. The van der Waals surface area contributed by atoms with E-state index < -0.39 is 0 Å². The van der Waals surface area contributed by atoms with Gasteiger partial charge in [0.05, 0.1) is 6.61 Å². The van der Waals surface area contributed by atoms with Gasteiger partial charge in [0.15, 0.2) is 0 Å². The number of aromatic nitrogens is 3. The van der Waals surface area contributed by atoms with Gasteiger partial charge in [-0.2, -0.15) is 0 Å². The molecular weight excluding hydrogens is 316 g/mol. The van der Waals surface area contributed by atoms with Gasteiger partial charge in [0, 0.05) is 38.2 Å². The summed E-state index contributed by atoms with van der Waals surface area (Å²) in [6.45, 7) is 6.19. The fraction of sp³-hybridized carbons (Fsp3) is 0.526. The van der Waals surface area contributed by atoms with Crippen molar-refractivity contribution in [2.75, 3.05) is 26.8 Å². The number of methoxy groups -OCH3 is 1. The summed E-state index contributed by atoms with van der Waals surface area (Å²) in [6.07, 6.45) is 4.42. The van der Waals surface area contributed by atoms with E-state index in [4.69, 9.17) is 4.74 Å². The fourth-order valence-corrected chi connectivity index (χ4v) is 3.43. The van der Waals surface area contributed by atoms with Crippen LogP contribution in [-0.2, 0) is 11.2 Å². The molecule has 25 heavy (non-hydrogen) atoms. The molecule has 0 bridgehead atoms. The molecule has 1 fully saturated rings. The van der Waals surface area contributed by atoms with Crippen LogP contribution in [0.15, 0.2) is 24.5 Å². The summed E-state index contributed by atoms with van der Waals surface area (Å²) in [6, 6.07) is 6.41. The maximum atomic E-state index is 12.9. The van der Waals surface area contributed by atoms with E-state index in [1.54, 1.807) is 13.4 Å². The number of hydrogen-bond donors (Lipinski definition) is 0. The summed E-state index contributed by atoms with van der Waals surface area (Å²) >= 11 is 0. The molecule has 1 aliphatic rings. The summed E-state index contributed by atoms with van der Waals surface area (Å²) < 4.78 is 7.29. The lowest BCUT2D eigenvalue weighted by molar-refractivity contribution is 0.0692. The summed E-state index contributed by atoms with van der Waals surface area (Å²) in [5, 5.41) is 8.25. The number of hydrogen-bond acceptors (Lipinski definition) is 4. The van der Waals surface area contributed by atoms with E-state index in [1.165, 1.54) is 0 Å². The van der Waals surface area contributed by atoms with Crippen LogP contribution in [0.25, 0.3) is 0 Å². The van der Waals surface area contributed by atoms with E-state index >= 15 is 0 Å². The number of rotatable bonds is 5. The molecule has 6 nitrogen and oxygen atoms in total. The van der Waals surface area contributed by atoms with Gasteiger partial charge in [0.25, 0.3) is 5.91 Å². The second-order valence-electron chi connectivity index (χ2n) is 6.74. The van der Waals surface area contributed by atoms with Crippen molar-refractivity contribution in [3.63, 3.8) is 0 Å². The second-order valence-corrected chi connectivity index (χ2v) is 6.74. The van der Waals surface area contributed by atoms with Gasteiger partial charge in [0.1, 0.15) is 12.2 Å². The van der Waals surface area contributed by atoms with E-state index in [0.29, 0.717) is 12.6 Å². The minimum absolute atomic E-state index is 0.142. The fourth-order valence-electron chi connectivity index (χ4n) is 3.43. The van der Waals surface area contributed by atoms with Crippen molar-refractivity contribution in [1.29, 1.82) is 0 Å². The van der Waals surface area contributed by atoms with Crippen molar-refractivity contribution >= 4 is 5.91 Å². The molecule has 2 heterocycles. The summed E-state index contributed by atoms with van der Waals surface area (Å²) in [5.41, 5.74) is 2.98. The first-order chi connectivity index (χ1) is 12.1. The van der Waals surface area contributed by atoms with Crippen LogP contribution >= 0.6 is 0 Å². The summed E-state index contributed by atoms with van der Waals surface area (Å²) in [7, 11) is 1.69. The molecule has 6 heteroatoms. The number of benzene rings is 1. The van der Waals surface area contributed by atoms with E-state index in [2.05, 4.69) is 14.8 Å². The van der Waals surface area contributed by atoms with Gasteiger partial charge < -0.3 is 14.2 Å². The van der Waals surface area contributed by atoms with Crippen molar-refractivity contribution in [2.45, 2.75) is 39.2 Å². The van der Waals surface area contributed by atoms with Crippen molar-refractivity contribution in [3.05, 3.63) is 47.0 Å². The Bertz CT molecular complexity index is 733. The molecule has 0 unspecified atom stereocenters. The lowest BCUT2D eigenvalue weighted by Crippen LogP contribution is -2.39. The first-order valence-corrected chi connectivity index (χ1v) is 8.84. The van der Waals surface area contributed by atoms with Crippen LogP contribution in [-0.4, -0.2) is 52.4 Å². The highest BCUT2D eigenvalue weighted by atomic mass is 16.5. The molecule has 1 aromatic carbocycles. The number of ether oxygens (including phenoxy) is 1. The van der Waals surface area contributed by atoms with Crippen molar-refractivity contribution in [1.82, 2.24) is 19.7 Å². The quantitative estimate of drug-likeness (QED) is 0.838. The predicted octanol–water partition coefficient (Wildman–Crippen LogP) is 2.56. The van der Waals surface area contributed by atoms with E-state index in [0.717, 1.165) is 54.9 Å². The van der Waals surface area contributed by atoms with Crippen LogP contribution in [0, 0.1) is 13.8 Å². The highest BCUT2D eigenvalue weighted by Gasteiger charge is 2.26. The van der Waals surface area contributed by atoms with Gasteiger partial charge in [-0.3, -0.25) is 4.79 Å². The molecule has 0 aliphatic carbocycles. The average molecular weight is 342 g/mol. The lowest BCUT2D eigenvalue weighted by atomic mass is 10.0. The third-order valence-corrected chi connectivity index (χ3v) is 4.95. The maximum Gasteiger partial charge on any atom is 0.254 e. The molecule has 0 spiro atoms. The zero-order valence-electron chi connectivity index (χ0n) is 15.2. The van der Waals surface area contributed by atoms with Crippen LogP contribution in [0.3, 0.4) is 0 Å². The van der Waals surface area contributed by atoms with Crippen LogP contribution in [0.2, 0.25) is 0 Å². The van der Waals surface area contributed by atoms with Gasteiger partial charge in [-0.25, -0.2) is 0 Å². The highest BCUT2D eigenvalue weighted by molar-refractivity contribution is 5.95. The Labute approximate surface area is 148 Å². The molecule has 0 N–H and O–H groups in total. The molecule has 2 aromatic rings. The van der Waals surface area contributed by atoms with E-state index in [-0.39, 0.29) is 5.91 Å². The van der Waals surface area contributed by atoms with Gasteiger partial charge in [-0.05, 0) is 38.3 Å². The number of aryl methyl sites for hydroxylation is 2. The Morgan fingerprint density at radius 3 is 2.76 bits per heavy atom. The molecule has 1 amide bonds. The predicted molar refractivity (Wildman–Crippen MR) is 95.7 cm³/mol. The molecule has 1 aromatic heterocycles. The van der Waals surface area contributed by atoms with Crippen molar-refractivity contribution < 1.29 is 9.53 Å². The Kier molecular flexibility index (Phi) is 5.48. The third kappa shape index (κ3) is 3.90. The monoisotopic (exact) mass is 342 g/mol. The number of amides is 1. The highest BCUT2D eigenvalue weighted by Crippen LogP contribution is 2.25. The average Bonchev–Trinajstić information content (AvgIpc) is 3.10. The zero-order valence-corrected chi connectivity index (χ0v) is 15.2. The van der Waals surface area contributed by atoms with E-state index in [9.17, 15) is 4.79 Å². The summed E-state index contributed by atoms with van der Waals surface area (Å²) in [5.74, 6) is 1.10. The first-order valence-electron chi connectivity index (χ1n) is 8.84. The number of carbonyl (C=O) groups excluding carboxylic acids is 1. The molecule has 0 radical (unpaired) electrons. The molecule has 3 rings (SSSR count). The van der Waals surface area contributed by atoms with Gasteiger partial charge >= 0.3 is 0 Å². The second kappa shape index (κ2) is 7.78. The zero-order chi connectivity index (χ0) is 17.8. The SMILES string of the molecule is COCCc1nncn1C1CCN(C(=O)c2cc(C)ccc2C)CC1. The van der Waals surface area contributed by atoms with Gasteiger partial charge in [0.2, 0.25) is 0 Å². The summed E-state index contributed by atoms with van der Waals surface area (Å²) in [4.78, 5) is 14.8.